The van der Waals surface area contributed by atoms with Gasteiger partial charge in [0.25, 0.3) is 0 Å². The topological polar surface area (TPSA) is 7.68 Å². The Bertz CT molecular complexity index is 604. The average Bonchev–Trinajstić information content (AvgIpc) is 2.48. The second-order valence-electron chi connectivity index (χ2n) is 5.88. The van der Waals surface area contributed by atoms with Crippen molar-refractivity contribution in [3.63, 3.8) is 0 Å². The van der Waals surface area contributed by atoms with Crippen molar-refractivity contribution in [1.29, 1.82) is 0 Å². The summed E-state index contributed by atoms with van der Waals surface area (Å²) in [6.45, 7) is 7.85. The van der Waals surface area contributed by atoms with E-state index in [1.807, 2.05) is 12.1 Å². The molecule has 0 spiro atoms. The maximum atomic E-state index is 6.08. The highest BCUT2D eigenvalue weighted by Gasteiger charge is 2.20. The number of anilines is 1. The van der Waals surface area contributed by atoms with Crippen molar-refractivity contribution in [3.05, 3.63) is 64.7 Å². The molecule has 1 N–H and O–H groups in total. The Balaban J connectivity index is 1.58. The van der Waals surface area contributed by atoms with E-state index in [0.717, 1.165) is 24.7 Å². The van der Waals surface area contributed by atoms with Crippen LogP contribution in [0.15, 0.2) is 48.5 Å². The van der Waals surface area contributed by atoms with E-state index in [-0.39, 0.29) is 0 Å². The Kier molecular flexibility index (Phi) is 4.47. The average molecular weight is 302 g/mol. The van der Waals surface area contributed by atoms with E-state index in [0.29, 0.717) is 0 Å². The van der Waals surface area contributed by atoms with Crippen LogP contribution in [0.3, 0.4) is 0 Å². The monoisotopic (exact) mass is 301 g/mol. The molecule has 1 saturated heterocycles. The number of halogens is 1. The third-order valence-electron chi connectivity index (χ3n) is 4.18. The van der Waals surface area contributed by atoms with Crippen LogP contribution in [0.1, 0.15) is 11.1 Å². The molecular weight excluding hydrogens is 280 g/mol. The van der Waals surface area contributed by atoms with Crippen LogP contribution in [-0.4, -0.2) is 26.2 Å². The number of nitrogens with one attached hydrogen (secondary N) is 1. The fourth-order valence-electron chi connectivity index (χ4n) is 3.04. The Morgan fingerprint density at radius 1 is 1.05 bits per heavy atom. The quantitative estimate of drug-likeness (QED) is 0.915. The van der Waals surface area contributed by atoms with Crippen molar-refractivity contribution in [1.82, 2.24) is 0 Å². The first kappa shape index (κ1) is 14.4. The van der Waals surface area contributed by atoms with Gasteiger partial charge in [-0.1, -0.05) is 47.5 Å². The van der Waals surface area contributed by atoms with E-state index in [1.165, 1.54) is 29.9 Å². The summed E-state index contributed by atoms with van der Waals surface area (Å²) in [6, 6.07) is 17.0. The van der Waals surface area contributed by atoms with Gasteiger partial charge in [-0.25, -0.2) is 0 Å². The van der Waals surface area contributed by atoms with Gasteiger partial charge >= 0.3 is 0 Å². The van der Waals surface area contributed by atoms with Gasteiger partial charge in [0.1, 0.15) is 6.54 Å². The van der Waals surface area contributed by atoms with Crippen molar-refractivity contribution < 1.29 is 4.90 Å². The molecule has 0 radical (unpaired) electrons. The van der Waals surface area contributed by atoms with Crippen molar-refractivity contribution in [2.24, 2.45) is 0 Å². The molecule has 1 aliphatic rings. The predicted octanol–water partition coefficient (Wildman–Crippen LogP) is 2.55. The summed E-state index contributed by atoms with van der Waals surface area (Å²) in [7, 11) is 0. The van der Waals surface area contributed by atoms with E-state index in [1.54, 1.807) is 4.90 Å². The second kappa shape index (κ2) is 6.50. The number of hydrogen-bond donors (Lipinski definition) is 1. The largest absolute Gasteiger partial charge is 0.360 e. The molecule has 21 heavy (non-hydrogen) atoms. The molecule has 0 atom stereocenters. The van der Waals surface area contributed by atoms with Gasteiger partial charge in [0.2, 0.25) is 0 Å². The summed E-state index contributed by atoms with van der Waals surface area (Å²) >= 11 is 6.08. The third-order valence-corrected chi connectivity index (χ3v) is 4.42. The zero-order valence-electron chi connectivity index (χ0n) is 12.5. The van der Waals surface area contributed by atoms with E-state index in [2.05, 4.69) is 48.2 Å². The fraction of sp³-hybridized carbons (Fsp3) is 0.333. The van der Waals surface area contributed by atoms with Gasteiger partial charge in [0.05, 0.1) is 26.2 Å². The molecule has 0 saturated carbocycles. The lowest BCUT2D eigenvalue weighted by Gasteiger charge is -2.33. The zero-order chi connectivity index (χ0) is 14.7. The van der Waals surface area contributed by atoms with E-state index >= 15 is 0 Å². The number of benzene rings is 2. The maximum Gasteiger partial charge on any atom is 0.103 e. The maximum absolute atomic E-state index is 6.08. The molecule has 0 amide bonds. The van der Waals surface area contributed by atoms with E-state index in [9.17, 15) is 0 Å². The third kappa shape index (κ3) is 3.78. The summed E-state index contributed by atoms with van der Waals surface area (Å²) in [6.07, 6.45) is 0. The van der Waals surface area contributed by atoms with Crippen molar-refractivity contribution in [2.75, 3.05) is 31.1 Å². The molecule has 3 rings (SSSR count). The number of piperazine rings is 1. The first-order chi connectivity index (χ1) is 10.2. The molecule has 0 bridgehead atoms. The van der Waals surface area contributed by atoms with Crippen LogP contribution in [0.25, 0.3) is 0 Å². The molecule has 0 aromatic heterocycles. The minimum absolute atomic E-state index is 0.821. The summed E-state index contributed by atoms with van der Waals surface area (Å²) in [5, 5.41) is 0.821. The number of quaternary nitrogens is 1. The highest BCUT2D eigenvalue weighted by atomic mass is 35.5. The molecule has 1 aliphatic heterocycles. The molecule has 2 aromatic carbocycles. The molecule has 3 heteroatoms. The lowest BCUT2D eigenvalue weighted by atomic mass is 10.1. The van der Waals surface area contributed by atoms with E-state index in [4.69, 9.17) is 11.6 Å². The Morgan fingerprint density at radius 2 is 1.81 bits per heavy atom. The lowest BCUT2D eigenvalue weighted by Crippen LogP contribution is -3.13. The van der Waals surface area contributed by atoms with Gasteiger partial charge in [-0.3, -0.25) is 0 Å². The smallest absolute Gasteiger partial charge is 0.103 e. The van der Waals surface area contributed by atoms with Gasteiger partial charge < -0.3 is 9.80 Å². The Hall–Kier alpha value is -1.51. The van der Waals surface area contributed by atoms with Crippen molar-refractivity contribution >= 4 is 17.3 Å². The summed E-state index contributed by atoms with van der Waals surface area (Å²) in [5.41, 5.74) is 4.04. The number of hydrogen-bond acceptors (Lipinski definition) is 1. The fourth-order valence-corrected chi connectivity index (χ4v) is 3.23. The van der Waals surface area contributed by atoms with Crippen LogP contribution in [0.2, 0.25) is 5.02 Å². The minimum atomic E-state index is 0.821. The van der Waals surface area contributed by atoms with E-state index < -0.39 is 0 Å². The van der Waals surface area contributed by atoms with Crippen molar-refractivity contribution in [3.8, 4) is 0 Å². The van der Waals surface area contributed by atoms with Gasteiger partial charge in [-0.15, -0.1) is 0 Å². The number of nitrogens with zero attached hydrogens (tertiary/aromatic N) is 1. The molecule has 2 nitrogen and oxygen atoms in total. The Labute approximate surface area is 131 Å². The van der Waals surface area contributed by atoms with Crippen LogP contribution in [0.5, 0.6) is 0 Å². The van der Waals surface area contributed by atoms with Crippen LogP contribution >= 0.6 is 11.6 Å². The van der Waals surface area contributed by atoms with Gasteiger partial charge in [-0.2, -0.15) is 0 Å². The normalized spacial score (nSPS) is 16.2. The van der Waals surface area contributed by atoms with Crippen LogP contribution < -0.4 is 9.80 Å². The number of aryl methyl sites for hydroxylation is 1. The SMILES string of the molecule is Cc1cccc(C[NH+]2CCN(c3cccc(Cl)c3)CC2)c1. The zero-order valence-corrected chi connectivity index (χ0v) is 13.2. The molecule has 1 fully saturated rings. The first-order valence-corrected chi connectivity index (χ1v) is 7.98. The molecule has 0 aliphatic carbocycles. The van der Waals surface area contributed by atoms with Crippen LogP contribution in [0.4, 0.5) is 5.69 Å². The van der Waals surface area contributed by atoms with Gasteiger partial charge in [0, 0.05) is 16.3 Å². The summed E-state index contributed by atoms with van der Waals surface area (Å²) < 4.78 is 0. The van der Waals surface area contributed by atoms with Crippen LogP contribution in [0, 0.1) is 6.92 Å². The predicted molar refractivity (Wildman–Crippen MR) is 89.2 cm³/mol. The lowest BCUT2D eigenvalue weighted by molar-refractivity contribution is -0.914. The minimum Gasteiger partial charge on any atom is -0.360 e. The molecule has 2 aromatic rings. The van der Waals surface area contributed by atoms with Crippen molar-refractivity contribution in [2.45, 2.75) is 13.5 Å². The highest BCUT2D eigenvalue weighted by molar-refractivity contribution is 6.30. The first-order valence-electron chi connectivity index (χ1n) is 7.60. The van der Waals surface area contributed by atoms with Gasteiger partial charge in [0.15, 0.2) is 0 Å². The molecular formula is C18H22ClN2+. The van der Waals surface area contributed by atoms with Gasteiger partial charge in [-0.05, 0) is 25.1 Å². The highest BCUT2D eigenvalue weighted by Crippen LogP contribution is 2.19. The summed E-state index contributed by atoms with van der Waals surface area (Å²) in [4.78, 5) is 4.10. The second-order valence-corrected chi connectivity index (χ2v) is 6.32. The Morgan fingerprint density at radius 3 is 2.52 bits per heavy atom. The van der Waals surface area contributed by atoms with Crippen LogP contribution in [-0.2, 0) is 6.54 Å². The number of rotatable bonds is 3. The standard InChI is InChI=1S/C18H21ClN2/c1-15-4-2-5-16(12-15)14-20-8-10-21(11-9-20)18-7-3-6-17(19)13-18/h2-7,12-13H,8-11,14H2,1H3/p+1. The summed E-state index contributed by atoms with van der Waals surface area (Å²) in [5.74, 6) is 0. The molecule has 0 unspecified atom stereocenters. The molecule has 1 heterocycles. The molecule has 110 valence electrons.